The van der Waals surface area contributed by atoms with Crippen molar-refractivity contribution in [3.63, 3.8) is 0 Å². The fourth-order valence-corrected chi connectivity index (χ4v) is 1.83. The fourth-order valence-electron chi connectivity index (χ4n) is 0.837. The van der Waals surface area contributed by atoms with Crippen LogP contribution in [0.4, 0.5) is 8.78 Å². The molecular formula is C8H10F2OS. The highest BCUT2D eigenvalue weighted by molar-refractivity contribution is 8.02. The number of alkyl halides is 2. The lowest BCUT2D eigenvalue weighted by Gasteiger charge is -2.17. The van der Waals surface area contributed by atoms with Crippen molar-refractivity contribution in [2.24, 2.45) is 0 Å². The van der Waals surface area contributed by atoms with E-state index in [1.165, 1.54) is 12.1 Å². The standard InChI is InChI=1S/C8H10F2OS/c1-12(11,8(9)10)7-5-3-2-4-6-7/h2-6,8,12H,1H3. The highest BCUT2D eigenvalue weighted by Gasteiger charge is 2.22. The van der Waals surface area contributed by atoms with Gasteiger partial charge in [0.15, 0.2) is 0 Å². The van der Waals surface area contributed by atoms with Crippen LogP contribution in [0.2, 0.25) is 0 Å². The highest BCUT2D eigenvalue weighted by Crippen LogP contribution is 2.22. The molecule has 1 nitrogen and oxygen atoms in total. The molecule has 0 heterocycles. The van der Waals surface area contributed by atoms with Crippen LogP contribution in [0.25, 0.3) is 0 Å². The predicted molar refractivity (Wildman–Crippen MR) is 46.2 cm³/mol. The van der Waals surface area contributed by atoms with Gasteiger partial charge >= 0.3 is 0 Å². The molecule has 1 aromatic carbocycles. The summed E-state index contributed by atoms with van der Waals surface area (Å²) in [6, 6.07) is 7.84. The Kier molecular flexibility index (Phi) is 2.57. The summed E-state index contributed by atoms with van der Waals surface area (Å²) in [6.45, 7) is 0. The first-order chi connectivity index (χ1) is 5.55. The second-order valence-electron chi connectivity index (χ2n) is 2.60. The van der Waals surface area contributed by atoms with Crippen molar-refractivity contribution in [2.45, 2.75) is 10.7 Å². The maximum absolute atomic E-state index is 12.2. The second-order valence-corrected chi connectivity index (χ2v) is 5.49. The van der Waals surface area contributed by atoms with Gasteiger partial charge < -0.3 is 0 Å². The van der Waals surface area contributed by atoms with Gasteiger partial charge in [-0.05, 0) is 28.3 Å². The SMILES string of the molecule is C[SH](=O)(c1ccccc1)C(F)F. The van der Waals surface area contributed by atoms with E-state index < -0.39 is 15.7 Å². The first-order valence-corrected chi connectivity index (χ1v) is 5.68. The topological polar surface area (TPSA) is 17.1 Å². The molecule has 1 aromatic rings. The summed E-state index contributed by atoms with van der Waals surface area (Å²) in [4.78, 5) is 0.236. The Bertz CT molecular complexity index is 297. The minimum Gasteiger partial charge on any atom is -0.275 e. The van der Waals surface area contributed by atoms with E-state index in [-0.39, 0.29) is 4.90 Å². The molecule has 0 N–H and O–H groups in total. The van der Waals surface area contributed by atoms with E-state index in [1.54, 1.807) is 18.2 Å². The van der Waals surface area contributed by atoms with Gasteiger partial charge in [0.25, 0.3) is 5.76 Å². The normalized spacial score (nSPS) is 13.3. The zero-order valence-corrected chi connectivity index (χ0v) is 7.47. The lowest BCUT2D eigenvalue weighted by molar-refractivity contribution is 0.240. The van der Waals surface area contributed by atoms with E-state index in [0.29, 0.717) is 0 Å². The summed E-state index contributed by atoms with van der Waals surface area (Å²) in [6.07, 6.45) is 1.10. The summed E-state index contributed by atoms with van der Waals surface area (Å²) >= 11 is 0. The molecule has 0 saturated heterocycles. The quantitative estimate of drug-likeness (QED) is 0.708. The van der Waals surface area contributed by atoms with E-state index in [2.05, 4.69) is 0 Å². The van der Waals surface area contributed by atoms with Gasteiger partial charge in [-0.1, -0.05) is 18.2 Å². The molecule has 4 heteroatoms. The van der Waals surface area contributed by atoms with E-state index in [4.69, 9.17) is 0 Å². The van der Waals surface area contributed by atoms with Crippen LogP contribution in [0.1, 0.15) is 0 Å². The highest BCUT2D eigenvalue weighted by atomic mass is 32.2. The Morgan fingerprint density at radius 2 is 1.75 bits per heavy atom. The van der Waals surface area contributed by atoms with Crippen molar-refractivity contribution in [2.75, 3.05) is 6.26 Å². The van der Waals surface area contributed by atoms with Crippen molar-refractivity contribution in [1.29, 1.82) is 0 Å². The smallest absolute Gasteiger partial charge is 0.275 e. The molecule has 0 atom stereocenters. The van der Waals surface area contributed by atoms with Crippen molar-refractivity contribution >= 4 is 9.93 Å². The van der Waals surface area contributed by atoms with Gasteiger partial charge in [-0.15, -0.1) is 0 Å². The van der Waals surface area contributed by atoms with Gasteiger partial charge in [0.2, 0.25) is 0 Å². The summed E-state index contributed by atoms with van der Waals surface area (Å²) < 4.78 is 35.8. The van der Waals surface area contributed by atoms with Gasteiger partial charge in [0.1, 0.15) is 0 Å². The maximum atomic E-state index is 12.2. The molecule has 0 fully saturated rings. The third-order valence-corrected chi connectivity index (χ3v) is 3.71. The largest absolute Gasteiger partial charge is 0.294 e. The molecule has 0 aliphatic heterocycles. The van der Waals surface area contributed by atoms with Crippen LogP contribution >= 0.6 is 0 Å². The maximum Gasteiger partial charge on any atom is 0.294 e. The summed E-state index contributed by atoms with van der Waals surface area (Å²) in [5.41, 5.74) is 0. The number of thiol groups is 1. The molecule has 0 spiro atoms. The molecule has 0 amide bonds. The van der Waals surface area contributed by atoms with Crippen LogP contribution in [-0.4, -0.2) is 16.2 Å². The summed E-state index contributed by atoms with van der Waals surface area (Å²) in [7, 11) is -3.45. The van der Waals surface area contributed by atoms with Crippen molar-refractivity contribution in [3.05, 3.63) is 30.3 Å². The first kappa shape index (κ1) is 9.32. The van der Waals surface area contributed by atoms with Crippen LogP contribution in [-0.2, 0) is 9.93 Å². The van der Waals surface area contributed by atoms with Gasteiger partial charge in [-0.3, -0.25) is 4.21 Å². The average molecular weight is 192 g/mol. The minimum atomic E-state index is -3.45. The molecule has 12 heavy (non-hydrogen) atoms. The van der Waals surface area contributed by atoms with Crippen LogP contribution in [0, 0.1) is 0 Å². The molecule has 0 bridgehead atoms. The molecule has 0 radical (unpaired) electrons. The van der Waals surface area contributed by atoms with Crippen molar-refractivity contribution < 1.29 is 13.0 Å². The molecule has 0 unspecified atom stereocenters. The van der Waals surface area contributed by atoms with Crippen LogP contribution in [0.3, 0.4) is 0 Å². The van der Waals surface area contributed by atoms with E-state index >= 15 is 0 Å². The Balaban J connectivity index is 3.07. The average Bonchev–Trinajstić information content (AvgIpc) is 2.06. The minimum absolute atomic E-state index is 0.236. The second kappa shape index (κ2) is 3.31. The number of hydrogen-bond acceptors (Lipinski definition) is 1. The van der Waals surface area contributed by atoms with E-state index in [1.807, 2.05) is 0 Å². The van der Waals surface area contributed by atoms with Gasteiger partial charge in [-0.2, -0.15) is 8.78 Å². The van der Waals surface area contributed by atoms with Gasteiger partial charge in [0, 0.05) is 4.90 Å². The van der Waals surface area contributed by atoms with Crippen LogP contribution in [0.15, 0.2) is 35.2 Å². The number of benzene rings is 1. The lowest BCUT2D eigenvalue weighted by atomic mass is 10.4. The molecule has 68 valence electrons. The van der Waals surface area contributed by atoms with E-state index in [9.17, 15) is 13.0 Å². The Morgan fingerprint density at radius 1 is 1.25 bits per heavy atom. The zero-order chi connectivity index (χ0) is 9.19. The van der Waals surface area contributed by atoms with Crippen molar-refractivity contribution in [1.82, 2.24) is 0 Å². The van der Waals surface area contributed by atoms with E-state index in [0.717, 1.165) is 6.26 Å². The van der Waals surface area contributed by atoms with Crippen LogP contribution in [0.5, 0.6) is 0 Å². The summed E-state index contributed by atoms with van der Waals surface area (Å²) in [5.74, 6) is -2.76. The van der Waals surface area contributed by atoms with Gasteiger partial charge in [-0.25, -0.2) is 0 Å². The first-order valence-electron chi connectivity index (χ1n) is 3.46. The number of rotatable bonds is 2. The fraction of sp³-hybridized carbons (Fsp3) is 0.250. The third kappa shape index (κ3) is 1.69. The molecule has 0 aromatic heterocycles. The molecular weight excluding hydrogens is 182 g/mol. The third-order valence-electron chi connectivity index (χ3n) is 1.64. The lowest BCUT2D eigenvalue weighted by Crippen LogP contribution is -2.19. The molecule has 1 rings (SSSR count). The number of hydrogen-bond donors (Lipinski definition) is 1. The van der Waals surface area contributed by atoms with Gasteiger partial charge in [0.05, 0.1) is 0 Å². The Labute approximate surface area is 70.8 Å². The predicted octanol–water partition coefficient (Wildman–Crippen LogP) is 1.91. The monoisotopic (exact) mass is 192 g/mol. The Hall–Kier alpha value is -0.770. The summed E-state index contributed by atoms with van der Waals surface area (Å²) in [5, 5.41) is 0. The Morgan fingerprint density at radius 3 is 2.17 bits per heavy atom. The van der Waals surface area contributed by atoms with Crippen LogP contribution < -0.4 is 0 Å². The zero-order valence-electron chi connectivity index (χ0n) is 6.58. The molecule has 0 saturated carbocycles. The number of halogens is 2. The molecule has 0 aliphatic rings. The molecule has 0 aliphatic carbocycles. The van der Waals surface area contributed by atoms with Crippen molar-refractivity contribution in [3.8, 4) is 0 Å².